The van der Waals surface area contributed by atoms with E-state index < -0.39 is 10.0 Å². The van der Waals surface area contributed by atoms with Gasteiger partial charge in [-0.3, -0.25) is 4.79 Å². The smallest absolute Gasteiger partial charge is 0.243 e. The number of carbonyl (C=O) groups is 1. The van der Waals surface area contributed by atoms with Gasteiger partial charge < -0.3 is 9.32 Å². The first-order valence-corrected chi connectivity index (χ1v) is 10.6. The van der Waals surface area contributed by atoms with E-state index in [2.05, 4.69) is 0 Å². The maximum atomic E-state index is 12.6. The van der Waals surface area contributed by atoms with Gasteiger partial charge in [0.05, 0.1) is 22.7 Å². The zero-order valence-corrected chi connectivity index (χ0v) is 15.3. The first kappa shape index (κ1) is 18.0. The second-order valence-electron chi connectivity index (χ2n) is 5.67. The van der Waals surface area contributed by atoms with Gasteiger partial charge >= 0.3 is 0 Å². The third kappa shape index (κ3) is 4.45. The van der Waals surface area contributed by atoms with Gasteiger partial charge in [-0.1, -0.05) is 18.2 Å². The van der Waals surface area contributed by atoms with Gasteiger partial charge in [0.15, 0.2) is 0 Å². The molecule has 0 atom stereocenters. The Labute approximate surface area is 151 Å². The molecule has 134 valence electrons. The Morgan fingerprint density at radius 2 is 1.76 bits per heavy atom. The second-order valence-corrected chi connectivity index (χ2v) is 8.59. The molecular formula is C17H20N2O4S2. The summed E-state index contributed by atoms with van der Waals surface area (Å²) in [5.41, 5.74) is 0. The van der Waals surface area contributed by atoms with E-state index in [1.54, 1.807) is 41.5 Å². The monoisotopic (exact) mass is 380 g/mol. The summed E-state index contributed by atoms with van der Waals surface area (Å²) < 4.78 is 31.8. The quantitative estimate of drug-likeness (QED) is 0.767. The predicted molar refractivity (Wildman–Crippen MR) is 96.7 cm³/mol. The highest BCUT2D eigenvalue weighted by Crippen LogP contribution is 2.18. The Morgan fingerprint density at radius 1 is 1.04 bits per heavy atom. The van der Waals surface area contributed by atoms with Crippen LogP contribution in [0.4, 0.5) is 0 Å². The van der Waals surface area contributed by atoms with E-state index in [-0.39, 0.29) is 5.91 Å². The summed E-state index contributed by atoms with van der Waals surface area (Å²) in [5.74, 6) is 1.90. The second kappa shape index (κ2) is 8.07. The van der Waals surface area contributed by atoms with Gasteiger partial charge in [-0.2, -0.15) is 4.31 Å². The van der Waals surface area contributed by atoms with Gasteiger partial charge in [0.2, 0.25) is 15.9 Å². The molecule has 1 fully saturated rings. The molecule has 1 aromatic heterocycles. The molecule has 1 aromatic carbocycles. The molecule has 8 heteroatoms. The van der Waals surface area contributed by atoms with Crippen molar-refractivity contribution in [3.05, 3.63) is 54.5 Å². The van der Waals surface area contributed by atoms with Crippen LogP contribution in [0, 0.1) is 0 Å². The number of nitrogens with zero attached hydrogens (tertiary/aromatic N) is 2. The summed E-state index contributed by atoms with van der Waals surface area (Å²) in [4.78, 5) is 14.3. The molecule has 0 spiro atoms. The fraction of sp³-hybridized carbons (Fsp3) is 0.353. The first-order valence-electron chi connectivity index (χ1n) is 8.00. The summed E-state index contributed by atoms with van der Waals surface area (Å²) in [5, 5.41) is 0. The first-order chi connectivity index (χ1) is 12.1. The van der Waals surface area contributed by atoms with Gasteiger partial charge in [0.25, 0.3) is 0 Å². The van der Waals surface area contributed by atoms with Gasteiger partial charge in [-0.05, 0) is 24.3 Å². The highest BCUT2D eigenvalue weighted by molar-refractivity contribution is 7.99. The summed E-state index contributed by atoms with van der Waals surface area (Å²) >= 11 is 1.50. The molecule has 25 heavy (non-hydrogen) atoms. The third-order valence-electron chi connectivity index (χ3n) is 4.02. The number of amides is 1. The van der Waals surface area contributed by atoms with Crippen molar-refractivity contribution in [2.45, 2.75) is 10.6 Å². The topological polar surface area (TPSA) is 70.8 Å². The lowest BCUT2D eigenvalue weighted by Crippen LogP contribution is -2.50. The minimum Gasteiger partial charge on any atom is -0.468 e. The van der Waals surface area contributed by atoms with Crippen molar-refractivity contribution in [2.24, 2.45) is 0 Å². The van der Waals surface area contributed by atoms with Crippen LogP contribution in [0.25, 0.3) is 0 Å². The summed E-state index contributed by atoms with van der Waals surface area (Å²) in [6, 6.07) is 12.1. The van der Waals surface area contributed by atoms with E-state index >= 15 is 0 Å². The van der Waals surface area contributed by atoms with Crippen molar-refractivity contribution in [1.29, 1.82) is 0 Å². The maximum absolute atomic E-state index is 12.6. The van der Waals surface area contributed by atoms with Crippen LogP contribution >= 0.6 is 11.8 Å². The molecule has 0 unspecified atom stereocenters. The number of carbonyl (C=O) groups excluding carboxylic acids is 1. The molecular weight excluding hydrogens is 360 g/mol. The number of furan rings is 1. The molecule has 0 aliphatic carbocycles. The lowest BCUT2D eigenvalue weighted by molar-refractivity contribution is -0.129. The number of hydrogen-bond acceptors (Lipinski definition) is 5. The van der Waals surface area contributed by atoms with E-state index in [1.165, 1.54) is 16.1 Å². The Kier molecular flexibility index (Phi) is 5.82. The molecule has 1 amide bonds. The summed E-state index contributed by atoms with van der Waals surface area (Å²) in [6.07, 6.45) is 1.62. The molecule has 3 rings (SSSR count). The largest absolute Gasteiger partial charge is 0.468 e. The third-order valence-corrected chi connectivity index (χ3v) is 6.87. The average molecular weight is 380 g/mol. The number of piperazine rings is 1. The van der Waals surface area contributed by atoms with Gasteiger partial charge in [-0.25, -0.2) is 8.42 Å². The number of sulfonamides is 1. The fourth-order valence-corrected chi connectivity index (χ4v) is 4.91. The molecule has 2 aromatic rings. The van der Waals surface area contributed by atoms with E-state index in [9.17, 15) is 13.2 Å². The molecule has 1 aliphatic heterocycles. The van der Waals surface area contributed by atoms with Crippen LogP contribution in [0.15, 0.2) is 58.0 Å². The Balaban J connectivity index is 1.49. The van der Waals surface area contributed by atoms with Crippen LogP contribution in [0.2, 0.25) is 0 Å². The van der Waals surface area contributed by atoms with Crippen LogP contribution < -0.4 is 0 Å². The van der Waals surface area contributed by atoms with Gasteiger partial charge in [0, 0.05) is 26.2 Å². The molecule has 1 aliphatic rings. The van der Waals surface area contributed by atoms with Crippen LogP contribution in [-0.2, 0) is 20.6 Å². The molecule has 2 heterocycles. The highest BCUT2D eigenvalue weighted by Gasteiger charge is 2.29. The van der Waals surface area contributed by atoms with E-state index in [0.29, 0.717) is 42.6 Å². The molecule has 0 bridgehead atoms. The van der Waals surface area contributed by atoms with Gasteiger partial charge in [-0.15, -0.1) is 11.8 Å². The van der Waals surface area contributed by atoms with Crippen LogP contribution in [0.1, 0.15) is 5.76 Å². The van der Waals surface area contributed by atoms with E-state index in [1.807, 2.05) is 12.1 Å². The SMILES string of the molecule is O=C(CSCc1ccco1)N1CCN(S(=O)(=O)c2ccccc2)CC1. The lowest BCUT2D eigenvalue weighted by atomic mass is 10.3. The molecule has 0 radical (unpaired) electrons. The van der Waals surface area contributed by atoms with E-state index in [0.717, 1.165) is 5.76 Å². The molecule has 0 saturated carbocycles. The van der Waals surface area contributed by atoms with Crippen LogP contribution in [-0.4, -0.2) is 55.5 Å². The molecule has 6 nitrogen and oxygen atoms in total. The van der Waals surface area contributed by atoms with Crippen LogP contribution in [0.5, 0.6) is 0 Å². The Hall–Kier alpha value is -1.77. The van der Waals surface area contributed by atoms with Crippen molar-refractivity contribution in [2.75, 3.05) is 31.9 Å². The minimum atomic E-state index is -3.48. The normalized spacial score (nSPS) is 16.1. The summed E-state index contributed by atoms with van der Waals surface area (Å²) in [6.45, 7) is 1.50. The minimum absolute atomic E-state index is 0.0355. The maximum Gasteiger partial charge on any atom is 0.243 e. The van der Waals surface area contributed by atoms with Crippen molar-refractivity contribution in [3.8, 4) is 0 Å². The summed E-state index contributed by atoms with van der Waals surface area (Å²) in [7, 11) is -3.48. The van der Waals surface area contributed by atoms with Crippen molar-refractivity contribution < 1.29 is 17.6 Å². The Morgan fingerprint density at radius 3 is 2.40 bits per heavy atom. The Bertz CT molecular complexity index is 783. The predicted octanol–water partition coefficient (Wildman–Crippen LogP) is 2.05. The molecule has 1 saturated heterocycles. The standard InChI is InChI=1S/C17H20N2O4S2/c20-17(14-24-13-15-5-4-12-23-15)18-8-10-19(11-9-18)25(21,22)16-6-2-1-3-7-16/h1-7,12H,8-11,13-14H2. The number of rotatable bonds is 6. The molecule has 0 N–H and O–H groups in total. The number of hydrogen-bond donors (Lipinski definition) is 0. The highest BCUT2D eigenvalue weighted by atomic mass is 32.2. The lowest BCUT2D eigenvalue weighted by Gasteiger charge is -2.34. The van der Waals surface area contributed by atoms with Gasteiger partial charge in [0.1, 0.15) is 5.76 Å². The van der Waals surface area contributed by atoms with Crippen molar-refractivity contribution >= 4 is 27.7 Å². The van der Waals surface area contributed by atoms with Crippen molar-refractivity contribution in [1.82, 2.24) is 9.21 Å². The fourth-order valence-electron chi connectivity index (χ4n) is 2.64. The number of thioether (sulfide) groups is 1. The number of benzene rings is 1. The average Bonchev–Trinajstić information content (AvgIpc) is 3.16. The van der Waals surface area contributed by atoms with Crippen LogP contribution in [0.3, 0.4) is 0 Å². The zero-order chi connectivity index (χ0) is 17.7. The zero-order valence-electron chi connectivity index (χ0n) is 13.7. The van der Waals surface area contributed by atoms with Crippen molar-refractivity contribution in [3.63, 3.8) is 0 Å². The van der Waals surface area contributed by atoms with E-state index in [4.69, 9.17) is 4.42 Å².